The summed E-state index contributed by atoms with van der Waals surface area (Å²) in [4.78, 5) is 0. The van der Waals surface area contributed by atoms with E-state index in [1.54, 1.807) is 24.3 Å². The zero-order valence-corrected chi connectivity index (χ0v) is 12.9. The van der Waals surface area contributed by atoms with Crippen LogP contribution in [0.3, 0.4) is 0 Å². The van der Waals surface area contributed by atoms with E-state index < -0.39 is 10.0 Å². The Kier molecular flexibility index (Phi) is 6.17. The minimum atomic E-state index is -3.34. The second-order valence-corrected chi connectivity index (χ2v) is 7.31. The molecule has 1 aliphatic rings. The standard InChI is InChI=1S/C15H23NO4S/c17-10-14-3-1-4-15(9-14)12-21(18,19)16-7-2-8-20-11-13-5-6-13/h1,3-4,9,13,16-17H,2,5-8,10-12H2. The molecule has 0 bridgehead atoms. The summed E-state index contributed by atoms with van der Waals surface area (Å²) in [6.07, 6.45) is 3.21. The van der Waals surface area contributed by atoms with E-state index >= 15 is 0 Å². The number of rotatable bonds is 10. The molecule has 0 saturated heterocycles. The van der Waals surface area contributed by atoms with E-state index in [1.165, 1.54) is 12.8 Å². The molecule has 1 aromatic carbocycles. The summed E-state index contributed by atoms with van der Waals surface area (Å²) < 4.78 is 31.9. The Morgan fingerprint density at radius 3 is 2.76 bits per heavy atom. The van der Waals surface area contributed by atoms with Crippen LogP contribution >= 0.6 is 0 Å². The van der Waals surface area contributed by atoms with Crippen molar-refractivity contribution in [3.8, 4) is 0 Å². The van der Waals surface area contributed by atoms with E-state index in [1.807, 2.05) is 0 Å². The quantitative estimate of drug-likeness (QED) is 0.641. The third kappa shape index (κ3) is 6.56. The molecule has 1 saturated carbocycles. The van der Waals surface area contributed by atoms with E-state index in [-0.39, 0.29) is 12.4 Å². The highest BCUT2D eigenvalue weighted by atomic mass is 32.2. The second-order valence-electron chi connectivity index (χ2n) is 5.50. The molecule has 5 nitrogen and oxygen atoms in total. The maximum Gasteiger partial charge on any atom is 0.215 e. The topological polar surface area (TPSA) is 75.6 Å². The van der Waals surface area contributed by atoms with Crippen molar-refractivity contribution in [2.75, 3.05) is 19.8 Å². The molecule has 0 amide bonds. The zero-order chi connectivity index (χ0) is 15.1. The van der Waals surface area contributed by atoms with Crippen LogP contribution in [0.1, 0.15) is 30.4 Å². The molecule has 2 N–H and O–H groups in total. The van der Waals surface area contributed by atoms with E-state index in [0.717, 1.165) is 18.1 Å². The molecule has 21 heavy (non-hydrogen) atoms. The monoisotopic (exact) mass is 313 g/mol. The second kappa shape index (κ2) is 7.89. The van der Waals surface area contributed by atoms with Crippen LogP contribution in [0.4, 0.5) is 0 Å². The van der Waals surface area contributed by atoms with Gasteiger partial charge in [-0.25, -0.2) is 13.1 Å². The molecule has 0 atom stereocenters. The molecule has 0 aliphatic heterocycles. The van der Waals surface area contributed by atoms with Crippen LogP contribution in [0.15, 0.2) is 24.3 Å². The Labute approximate surface area is 126 Å². The van der Waals surface area contributed by atoms with Crippen LogP contribution in [0.5, 0.6) is 0 Å². The van der Waals surface area contributed by atoms with Crippen LogP contribution in [-0.2, 0) is 27.1 Å². The van der Waals surface area contributed by atoms with Crippen molar-refractivity contribution >= 4 is 10.0 Å². The highest BCUT2D eigenvalue weighted by Crippen LogP contribution is 2.28. The Bertz CT molecular complexity index is 540. The van der Waals surface area contributed by atoms with E-state index in [4.69, 9.17) is 9.84 Å². The molecule has 1 aromatic rings. The Morgan fingerprint density at radius 2 is 2.05 bits per heavy atom. The minimum absolute atomic E-state index is 0.0657. The number of hydrogen-bond acceptors (Lipinski definition) is 4. The molecule has 0 radical (unpaired) electrons. The lowest BCUT2D eigenvalue weighted by molar-refractivity contribution is 0.123. The summed E-state index contributed by atoms with van der Waals surface area (Å²) in [6, 6.07) is 6.97. The first-order chi connectivity index (χ1) is 10.1. The van der Waals surface area contributed by atoms with Gasteiger partial charge >= 0.3 is 0 Å². The van der Waals surface area contributed by atoms with Crippen molar-refractivity contribution in [1.29, 1.82) is 0 Å². The van der Waals surface area contributed by atoms with Gasteiger partial charge in [-0.3, -0.25) is 0 Å². The Morgan fingerprint density at radius 1 is 1.29 bits per heavy atom. The SMILES string of the molecule is O=S(=O)(Cc1cccc(CO)c1)NCCCOCC1CC1. The number of sulfonamides is 1. The van der Waals surface area contributed by atoms with Crippen LogP contribution < -0.4 is 4.72 Å². The van der Waals surface area contributed by atoms with Gasteiger partial charge in [-0.2, -0.15) is 0 Å². The van der Waals surface area contributed by atoms with Crippen LogP contribution in [0.2, 0.25) is 0 Å². The van der Waals surface area contributed by atoms with Crippen LogP contribution in [0.25, 0.3) is 0 Å². The van der Waals surface area contributed by atoms with Crippen molar-refractivity contribution in [2.45, 2.75) is 31.6 Å². The minimum Gasteiger partial charge on any atom is -0.392 e. The van der Waals surface area contributed by atoms with Gasteiger partial charge < -0.3 is 9.84 Å². The van der Waals surface area contributed by atoms with Crippen molar-refractivity contribution in [1.82, 2.24) is 4.72 Å². The molecule has 0 spiro atoms. The number of benzene rings is 1. The molecule has 1 fully saturated rings. The fourth-order valence-corrected chi connectivity index (χ4v) is 3.20. The lowest BCUT2D eigenvalue weighted by Gasteiger charge is -2.08. The number of nitrogens with one attached hydrogen (secondary N) is 1. The average Bonchev–Trinajstić information content (AvgIpc) is 3.26. The fraction of sp³-hybridized carbons (Fsp3) is 0.600. The Hall–Kier alpha value is -0.950. The first-order valence-electron chi connectivity index (χ1n) is 7.33. The van der Waals surface area contributed by atoms with Gasteiger partial charge in [-0.05, 0) is 36.3 Å². The largest absolute Gasteiger partial charge is 0.392 e. The van der Waals surface area contributed by atoms with Gasteiger partial charge in [-0.15, -0.1) is 0 Å². The zero-order valence-electron chi connectivity index (χ0n) is 12.1. The lowest BCUT2D eigenvalue weighted by atomic mass is 10.1. The van der Waals surface area contributed by atoms with Gasteiger partial charge in [0, 0.05) is 19.8 Å². The highest BCUT2D eigenvalue weighted by Gasteiger charge is 2.20. The molecule has 1 aliphatic carbocycles. The van der Waals surface area contributed by atoms with E-state index in [9.17, 15) is 8.42 Å². The van der Waals surface area contributed by atoms with Gasteiger partial charge in [0.05, 0.1) is 12.4 Å². The van der Waals surface area contributed by atoms with E-state index in [2.05, 4.69) is 4.72 Å². The maximum absolute atomic E-state index is 11.9. The first-order valence-corrected chi connectivity index (χ1v) is 8.98. The predicted molar refractivity (Wildman–Crippen MR) is 81.2 cm³/mol. The Balaban J connectivity index is 1.67. The van der Waals surface area contributed by atoms with Crippen molar-refractivity contribution in [2.24, 2.45) is 5.92 Å². The summed E-state index contributed by atoms with van der Waals surface area (Å²) in [5, 5.41) is 9.05. The van der Waals surface area contributed by atoms with Gasteiger partial charge in [-0.1, -0.05) is 24.3 Å². The van der Waals surface area contributed by atoms with Crippen molar-refractivity contribution in [3.05, 3.63) is 35.4 Å². The third-order valence-electron chi connectivity index (χ3n) is 3.37. The lowest BCUT2D eigenvalue weighted by Crippen LogP contribution is -2.27. The van der Waals surface area contributed by atoms with Crippen LogP contribution in [0, 0.1) is 5.92 Å². The molecular weight excluding hydrogens is 290 g/mol. The molecule has 118 valence electrons. The van der Waals surface area contributed by atoms with Gasteiger partial charge in [0.2, 0.25) is 10.0 Å². The molecule has 0 heterocycles. The molecule has 0 aromatic heterocycles. The highest BCUT2D eigenvalue weighted by molar-refractivity contribution is 7.88. The summed E-state index contributed by atoms with van der Waals surface area (Å²) in [5.74, 6) is 0.671. The summed E-state index contributed by atoms with van der Waals surface area (Å²) in [6.45, 7) is 1.71. The summed E-state index contributed by atoms with van der Waals surface area (Å²) in [5.41, 5.74) is 1.40. The fourth-order valence-electron chi connectivity index (χ4n) is 2.02. The van der Waals surface area contributed by atoms with Crippen molar-refractivity contribution < 1.29 is 18.3 Å². The molecule has 0 unspecified atom stereocenters. The number of aliphatic hydroxyl groups excluding tert-OH is 1. The number of hydrogen-bond donors (Lipinski definition) is 2. The first kappa shape index (κ1) is 16.4. The van der Waals surface area contributed by atoms with Crippen molar-refractivity contribution in [3.63, 3.8) is 0 Å². The number of aliphatic hydroxyl groups is 1. The van der Waals surface area contributed by atoms with Gasteiger partial charge in [0.25, 0.3) is 0 Å². The molecular formula is C15H23NO4S. The normalized spacial score (nSPS) is 15.3. The molecule has 2 rings (SSSR count). The predicted octanol–water partition coefficient (Wildman–Crippen LogP) is 1.41. The summed E-state index contributed by atoms with van der Waals surface area (Å²) >= 11 is 0. The maximum atomic E-state index is 11.9. The summed E-state index contributed by atoms with van der Waals surface area (Å²) in [7, 11) is -3.34. The third-order valence-corrected chi connectivity index (χ3v) is 4.73. The molecule has 6 heteroatoms. The van der Waals surface area contributed by atoms with E-state index in [0.29, 0.717) is 25.1 Å². The smallest absolute Gasteiger partial charge is 0.215 e. The number of ether oxygens (including phenoxy) is 1. The average molecular weight is 313 g/mol. The van der Waals surface area contributed by atoms with Gasteiger partial charge in [0.1, 0.15) is 0 Å². The van der Waals surface area contributed by atoms with Gasteiger partial charge in [0.15, 0.2) is 0 Å². The van der Waals surface area contributed by atoms with Crippen LogP contribution in [-0.4, -0.2) is 33.3 Å².